The Kier molecular flexibility index (Phi) is 3.90. The zero-order valence-corrected chi connectivity index (χ0v) is 13.6. The molecule has 0 bridgehead atoms. The number of hydrogen-bond acceptors (Lipinski definition) is 2. The van der Waals surface area contributed by atoms with Gasteiger partial charge in [-0.1, -0.05) is 23.8 Å². The molecular weight excluding hydrogens is 288 g/mol. The van der Waals surface area contributed by atoms with E-state index in [4.69, 9.17) is 0 Å². The maximum atomic E-state index is 12.6. The summed E-state index contributed by atoms with van der Waals surface area (Å²) in [5.41, 5.74) is 6.05. The van der Waals surface area contributed by atoms with Crippen molar-refractivity contribution in [3.63, 3.8) is 0 Å². The van der Waals surface area contributed by atoms with Crippen LogP contribution in [0.2, 0.25) is 0 Å². The van der Waals surface area contributed by atoms with E-state index in [1.54, 1.807) is 6.07 Å². The summed E-state index contributed by atoms with van der Waals surface area (Å²) < 4.78 is 0. The maximum absolute atomic E-state index is 12.6. The number of fused-ring (bicyclic) bond motifs is 1. The number of aryl methyl sites for hydroxylation is 3. The predicted octanol–water partition coefficient (Wildman–Crippen LogP) is 3.15. The minimum atomic E-state index is -0.142. The lowest BCUT2D eigenvalue weighted by atomic mass is 9.98. The fraction of sp³-hybridized carbons (Fsp3) is 0.263. The van der Waals surface area contributed by atoms with Gasteiger partial charge in [-0.05, 0) is 56.0 Å². The van der Waals surface area contributed by atoms with Crippen molar-refractivity contribution in [1.29, 1.82) is 0 Å². The number of anilines is 1. The summed E-state index contributed by atoms with van der Waals surface area (Å²) in [6.07, 6.45) is 0.825. The second-order valence-corrected chi connectivity index (χ2v) is 6.11. The molecule has 2 N–H and O–H groups in total. The lowest BCUT2D eigenvalue weighted by Gasteiger charge is -2.18. The van der Waals surface area contributed by atoms with Crippen molar-refractivity contribution in [2.75, 3.05) is 11.9 Å². The van der Waals surface area contributed by atoms with E-state index in [9.17, 15) is 9.59 Å². The van der Waals surface area contributed by atoms with Crippen molar-refractivity contribution >= 4 is 17.5 Å². The Balaban J connectivity index is 1.89. The van der Waals surface area contributed by atoms with Crippen LogP contribution in [0.15, 0.2) is 30.3 Å². The molecule has 0 unspecified atom stereocenters. The van der Waals surface area contributed by atoms with Gasteiger partial charge >= 0.3 is 0 Å². The van der Waals surface area contributed by atoms with E-state index in [1.807, 2.05) is 45.0 Å². The molecule has 0 saturated carbocycles. The van der Waals surface area contributed by atoms with Crippen LogP contribution in [0.4, 0.5) is 5.69 Å². The van der Waals surface area contributed by atoms with Crippen LogP contribution in [0.3, 0.4) is 0 Å². The number of benzene rings is 2. The molecule has 0 atom stereocenters. The van der Waals surface area contributed by atoms with Crippen LogP contribution in [-0.2, 0) is 6.42 Å². The Bertz CT molecular complexity index is 786. The summed E-state index contributed by atoms with van der Waals surface area (Å²) in [4.78, 5) is 24.5. The SMILES string of the molecule is Cc1cc(C)c(C(=O)Nc2ccc3c(c2)C(=O)NCC3)c(C)c1. The Labute approximate surface area is 135 Å². The predicted molar refractivity (Wildman–Crippen MR) is 91.1 cm³/mol. The molecule has 23 heavy (non-hydrogen) atoms. The first-order chi connectivity index (χ1) is 11.0. The third-order valence-corrected chi connectivity index (χ3v) is 4.20. The highest BCUT2D eigenvalue weighted by atomic mass is 16.2. The zero-order chi connectivity index (χ0) is 16.6. The van der Waals surface area contributed by atoms with Crippen LogP contribution in [0, 0.1) is 20.8 Å². The number of hydrogen-bond donors (Lipinski definition) is 2. The van der Waals surface area contributed by atoms with E-state index in [-0.39, 0.29) is 11.8 Å². The van der Waals surface area contributed by atoms with Gasteiger partial charge in [0.2, 0.25) is 0 Å². The second kappa shape index (κ2) is 5.88. The summed E-state index contributed by atoms with van der Waals surface area (Å²) >= 11 is 0. The minimum absolute atomic E-state index is 0.0787. The molecule has 1 heterocycles. The Morgan fingerprint density at radius 3 is 2.48 bits per heavy atom. The molecule has 2 amide bonds. The first kappa shape index (κ1) is 15.3. The molecule has 2 aromatic carbocycles. The molecule has 0 saturated heterocycles. The van der Waals surface area contributed by atoms with Gasteiger partial charge in [0.1, 0.15) is 0 Å². The molecule has 3 rings (SSSR count). The molecule has 0 fully saturated rings. The Hall–Kier alpha value is -2.62. The average molecular weight is 308 g/mol. The average Bonchev–Trinajstić information content (AvgIpc) is 2.47. The van der Waals surface area contributed by atoms with Crippen molar-refractivity contribution in [2.45, 2.75) is 27.2 Å². The van der Waals surface area contributed by atoms with Crippen LogP contribution in [-0.4, -0.2) is 18.4 Å². The molecule has 0 radical (unpaired) electrons. The van der Waals surface area contributed by atoms with Gasteiger partial charge in [0.15, 0.2) is 0 Å². The third kappa shape index (κ3) is 2.97. The molecule has 118 valence electrons. The topological polar surface area (TPSA) is 58.2 Å². The first-order valence-electron chi connectivity index (χ1n) is 7.76. The van der Waals surface area contributed by atoms with E-state index in [1.165, 1.54) is 0 Å². The standard InChI is InChI=1S/C19H20N2O2/c1-11-8-12(2)17(13(3)9-11)19(23)21-15-5-4-14-6-7-20-18(22)16(14)10-15/h4-5,8-10H,6-7H2,1-3H3,(H,20,22)(H,21,23). The molecule has 0 aromatic heterocycles. The summed E-state index contributed by atoms with van der Waals surface area (Å²) in [7, 11) is 0. The van der Waals surface area contributed by atoms with Gasteiger partial charge in [0, 0.05) is 23.4 Å². The van der Waals surface area contributed by atoms with Crippen LogP contribution >= 0.6 is 0 Å². The van der Waals surface area contributed by atoms with Crippen LogP contribution in [0.1, 0.15) is 43.0 Å². The quantitative estimate of drug-likeness (QED) is 0.895. The smallest absolute Gasteiger partial charge is 0.256 e. The van der Waals surface area contributed by atoms with E-state index < -0.39 is 0 Å². The van der Waals surface area contributed by atoms with Gasteiger partial charge in [-0.3, -0.25) is 9.59 Å². The van der Waals surface area contributed by atoms with Crippen LogP contribution < -0.4 is 10.6 Å². The largest absolute Gasteiger partial charge is 0.352 e. The fourth-order valence-corrected chi connectivity index (χ4v) is 3.22. The van der Waals surface area contributed by atoms with Gasteiger partial charge < -0.3 is 10.6 Å². The monoisotopic (exact) mass is 308 g/mol. The maximum Gasteiger partial charge on any atom is 0.256 e. The van der Waals surface area contributed by atoms with Crippen LogP contribution in [0.25, 0.3) is 0 Å². The van der Waals surface area contributed by atoms with Crippen molar-refractivity contribution in [3.8, 4) is 0 Å². The first-order valence-corrected chi connectivity index (χ1v) is 7.76. The van der Waals surface area contributed by atoms with E-state index >= 15 is 0 Å². The van der Waals surface area contributed by atoms with Gasteiger partial charge in [-0.25, -0.2) is 0 Å². The van der Waals surface area contributed by atoms with Gasteiger partial charge in [-0.15, -0.1) is 0 Å². The lowest BCUT2D eigenvalue weighted by Crippen LogP contribution is -2.31. The molecule has 1 aliphatic heterocycles. The number of carbonyl (C=O) groups excluding carboxylic acids is 2. The molecule has 0 spiro atoms. The van der Waals surface area contributed by atoms with Gasteiger partial charge in [-0.2, -0.15) is 0 Å². The van der Waals surface area contributed by atoms with Crippen molar-refractivity contribution in [2.24, 2.45) is 0 Å². The summed E-state index contributed by atoms with van der Waals surface area (Å²) in [6, 6.07) is 9.53. The fourth-order valence-electron chi connectivity index (χ4n) is 3.22. The van der Waals surface area contributed by atoms with Gasteiger partial charge in [0.25, 0.3) is 11.8 Å². The number of carbonyl (C=O) groups is 2. The molecule has 4 nitrogen and oxygen atoms in total. The molecule has 0 aliphatic carbocycles. The van der Waals surface area contributed by atoms with E-state index in [2.05, 4.69) is 10.6 Å². The number of nitrogens with one attached hydrogen (secondary N) is 2. The number of amides is 2. The van der Waals surface area contributed by atoms with E-state index in [0.717, 1.165) is 28.7 Å². The second-order valence-electron chi connectivity index (χ2n) is 6.11. The molecule has 1 aliphatic rings. The lowest BCUT2D eigenvalue weighted by molar-refractivity contribution is 0.0944. The van der Waals surface area contributed by atoms with Gasteiger partial charge in [0.05, 0.1) is 0 Å². The van der Waals surface area contributed by atoms with Crippen molar-refractivity contribution < 1.29 is 9.59 Å². The summed E-state index contributed by atoms with van der Waals surface area (Å²) in [5, 5.41) is 5.73. The van der Waals surface area contributed by atoms with Crippen molar-refractivity contribution in [3.05, 3.63) is 63.7 Å². The third-order valence-electron chi connectivity index (χ3n) is 4.20. The molecule has 4 heteroatoms. The molecule has 2 aromatic rings. The summed E-state index contributed by atoms with van der Waals surface area (Å²) in [6.45, 7) is 6.56. The van der Waals surface area contributed by atoms with E-state index in [0.29, 0.717) is 23.4 Å². The van der Waals surface area contributed by atoms with Crippen molar-refractivity contribution in [1.82, 2.24) is 5.32 Å². The van der Waals surface area contributed by atoms with Crippen LogP contribution in [0.5, 0.6) is 0 Å². The highest BCUT2D eigenvalue weighted by molar-refractivity contribution is 6.07. The minimum Gasteiger partial charge on any atom is -0.352 e. The molecular formula is C19H20N2O2. The zero-order valence-electron chi connectivity index (χ0n) is 13.6. The highest BCUT2D eigenvalue weighted by Gasteiger charge is 2.18. The number of rotatable bonds is 2. The highest BCUT2D eigenvalue weighted by Crippen LogP contribution is 2.22. The summed E-state index contributed by atoms with van der Waals surface area (Å²) in [5.74, 6) is -0.221. The Morgan fingerprint density at radius 2 is 1.78 bits per heavy atom. The Morgan fingerprint density at radius 1 is 1.09 bits per heavy atom. The normalized spacial score (nSPS) is 13.3.